The standard InChI is InChI=1S/C10H10BrF3N2O3S/c1-6(17)15-7-2-3-9(16-20(18,19)5-11)8(4-7)10(12,13)14/h2-4,16H,5H2,1H3,(H,15,17). The molecule has 0 aliphatic rings. The highest BCUT2D eigenvalue weighted by molar-refractivity contribution is 9.10. The molecule has 0 unspecified atom stereocenters. The van der Waals surface area contributed by atoms with Crippen LogP contribution in [0.15, 0.2) is 18.2 Å². The molecule has 0 saturated carbocycles. The van der Waals surface area contributed by atoms with Gasteiger partial charge in [0, 0.05) is 12.6 Å². The second-order valence-electron chi connectivity index (χ2n) is 3.77. The lowest BCUT2D eigenvalue weighted by Crippen LogP contribution is -2.18. The van der Waals surface area contributed by atoms with Gasteiger partial charge in [-0.25, -0.2) is 8.42 Å². The van der Waals surface area contributed by atoms with E-state index in [1.165, 1.54) is 6.07 Å². The predicted octanol–water partition coefficient (Wildman–Crippen LogP) is 2.76. The summed E-state index contributed by atoms with van der Waals surface area (Å²) in [5, 5.41) is 2.20. The number of carbonyl (C=O) groups is 1. The van der Waals surface area contributed by atoms with Crippen LogP contribution in [0, 0.1) is 0 Å². The number of hydrogen-bond acceptors (Lipinski definition) is 3. The van der Waals surface area contributed by atoms with Crippen LogP contribution in [0.4, 0.5) is 24.5 Å². The smallest absolute Gasteiger partial charge is 0.326 e. The predicted molar refractivity (Wildman–Crippen MR) is 72.1 cm³/mol. The molecule has 0 aliphatic heterocycles. The molecule has 1 aromatic carbocycles. The Morgan fingerprint density at radius 1 is 1.35 bits per heavy atom. The average molecular weight is 375 g/mol. The van der Waals surface area contributed by atoms with E-state index in [4.69, 9.17) is 0 Å². The first kappa shape index (κ1) is 16.8. The SMILES string of the molecule is CC(=O)Nc1ccc(NS(=O)(=O)CBr)c(C(F)(F)F)c1. The van der Waals surface area contributed by atoms with Crippen molar-refractivity contribution in [2.75, 3.05) is 14.7 Å². The van der Waals surface area contributed by atoms with Crippen LogP contribution in [0.3, 0.4) is 0 Å². The number of sulfonamides is 1. The summed E-state index contributed by atoms with van der Waals surface area (Å²) in [5.41, 5.74) is -1.87. The molecule has 0 fully saturated rings. The van der Waals surface area contributed by atoms with Gasteiger partial charge in [-0.15, -0.1) is 0 Å². The van der Waals surface area contributed by atoms with E-state index in [2.05, 4.69) is 21.2 Å². The van der Waals surface area contributed by atoms with E-state index in [0.717, 1.165) is 13.0 Å². The number of carbonyl (C=O) groups excluding carboxylic acids is 1. The molecule has 0 saturated heterocycles. The molecule has 1 aromatic rings. The molecular formula is C10H10BrF3N2O3S. The van der Waals surface area contributed by atoms with Gasteiger partial charge in [0.15, 0.2) is 0 Å². The zero-order valence-electron chi connectivity index (χ0n) is 10.1. The Morgan fingerprint density at radius 2 is 1.95 bits per heavy atom. The van der Waals surface area contributed by atoms with E-state index in [-0.39, 0.29) is 5.69 Å². The lowest BCUT2D eigenvalue weighted by molar-refractivity contribution is -0.136. The molecule has 1 rings (SSSR count). The van der Waals surface area contributed by atoms with Gasteiger partial charge in [-0.05, 0) is 18.2 Å². The van der Waals surface area contributed by atoms with Crippen LogP contribution >= 0.6 is 15.9 Å². The summed E-state index contributed by atoms with van der Waals surface area (Å²) in [6.07, 6.45) is -4.77. The highest BCUT2D eigenvalue weighted by atomic mass is 79.9. The van der Waals surface area contributed by atoms with E-state index in [9.17, 15) is 26.4 Å². The third kappa shape index (κ3) is 4.67. The van der Waals surface area contributed by atoms with E-state index < -0.39 is 38.0 Å². The Labute approximate surface area is 121 Å². The maximum atomic E-state index is 12.9. The summed E-state index contributed by atoms with van der Waals surface area (Å²) >= 11 is 2.66. The van der Waals surface area contributed by atoms with Gasteiger partial charge in [-0.2, -0.15) is 13.2 Å². The molecular weight excluding hydrogens is 365 g/mol. The van der Waals surface area contributed by atoms with Gasteiger partial charge in [-0.3, -0.25) is 9.52 Å². The van der Waals surface area contributed by atoms with Crippen molar-refractivity contribution >= 4 is 43.2 Å². The van der Waals surface area contributed by atoms with Crippen LogP contribution in [0.5, 0.6) is 0 Å². The fourth-order valence-electron chi connectivity index (χ4n) is 1.34. The Bertz CT molecular complexity index is 617. The topological polar surface area (TPSA) is 75.3 Å². The molecule has 0 aliphatic carbocycles. The average Bonchev–Trinajstić information content (AvgIpc) is 2.29. The molecule has 2 N–H and O–H groups in total. The first-order chi connectivity index (χ1) is 9.05. The van der Waals surface area contributed by atoms with Crippen molar-refractivity contribution in [1.29, 1.82) is 0 Å². The highest BCUT2D eigenvalue weighted by Crippen LogP contribution is 2.37. The summed E-state index contributed by atoms with van der Waals surface area (Å²) < 4.78 is 62.6. The summed E-state index contributed by atoms with van der Waals surface area (Å²) in [5.74, 6) is -0.535. The minimum atomic E-state index is -4.77. The molecule has 0 bridgehead atoms. The third-order valence-corrected chi connectivity index (χ3v) is 4.68. The maximum absolute atomic E-state index is 12.9. The van der Waals surface area contributed by atoms with Gasteiger partial charge < -0.3 is 5.32 Å². The molecule has 0 radical (unpaired) electrons. The lowest BCUT2D eigenvalue weighted by Gasteiger charge is -2.15. The van der Waals surface area contributed by atoms with Gasteiger partial charge in [0.25, 0.3) is 0 Å². The Kier molecular flexibility index (Phi) is 5.03. The zero-order valence-corrected chi connectivity index (χ0v) is 12.5. The number of anilines is 2. The summed E-state index contributed by atoms with van der Waals surface area (Å²) in [6.45, 7) is 1.15. The maximum Gasteiger partial charge on any atom is 0.418 e. The number of rotatable bonds is 4. The molecule has 20 heavy (non-hydrogen) atoms. The minimum Gasteiger partial charge on any atom is -0.326 e. The molecule has 5 nitrogen and oxygen atoms in total. The van der Waals surface area contributed by atoms with E-state index in [1.54, 1.807) is 0 Å². The van der Waals surface area contributed by atoms with E-state index >= 15 is 0 Å². The van der Waals surface area contributed by atoms with Crippen LogP contribution < -0.4 is 10.0 Å². The van der Waals surface area contributed by atoms with Crippen molar-refractivity contribution < 1.29 is 26.4 Å². The van der Waals surface area contributed by atoms with Crippen molar-refractivity contribution in [1.82, 2.24) is 0 Å². The molecule has 0 heterocycles. The first-order valence-electron chi connectivity index (χ1n) is 5.10. The van der Waals surface area contributed by atoms with Crippen LogP contribution in [-0.4, -0.2) is 19.0 Å². The van der Waals surface area contributed by atoms with Gasteiger partial charge in [0.1, 0.15) is 4.66 Å². The largest absolute Gasteiger partial charge is 0.418 e. The molecule has 112 valence electrons. The van der Waals surface area contributed by atoms with Crippen molar-refractivity contribution in [3.8, 4) is 0 Å². The fourth-order valence-corrected chi connectivity index (χ4v) is 2.25. The number of halogens is 4. The van der Waals surface area contributed by atoms with Crippen molar-refractivity contribution in [2.45, 2.75) is 13.1 Å². The Balaban J connectivity index is 3.28. The normalized spacial score (nSPS) is 12.1. The molecule has 0 spiro atoms. The molecule has 0 atom stereocenters. The van der Waals surface area contributed by atoms with E-state index in [1.807, 2.05) is 4.72 Å². The summed E-state index contributed by atoms with van der Waals surface area (Å²) in [6, 6.07) is 2.77. The van der Waals surface area contributed by atoms with Crippen molar-refractivity contribution in [3.05, 3.63) is 23.8 Å². The first-order valence-corrected chi connectivity index (χ1v) is 7.88. The van der Waals surface area contributed by atoms with Gasteiger partial charge in [0.05, 0.1) is 11.3 Å². The summed E-state index contributed by atoms with van der Waals surface area (Å²) in [7, 11) is -3.91. The zero-order chi connectivity index (χ0) is 15.6. The minimum absolute atomic E-state index is 0.0772. The molecule has 10 heteroatoms. The monoisotopic (exact) mass is 374 g/mol. The van der Waals surface area contributed by atoms with Gasteiger partial charge in [0.2, 0.25) is 15.9 Å². The van der Waals surface area contributed by atoms with Crippen molar-refractivity contribution in [2.24, 2.45) is 0 Å². The Morgan fingerprint density at radius 3 is 2.40 bits per heavy atom. The van der Waals surface area contributed by atoms with Crippen LogP contribution in [0.2, 0.25) is 0 Å². The molecule has 0 aromatic heterocycles. The lowest BCUT2D eigenvalue weighted by atomic mass is 10.1. The summed E-state index contributed by atoms with van der Waals surface area (Å²) in [4.78, 5) is 10.8. The quantitative estimate of drug-likeness (QED) is 0.795. The van der Waals surface area contributed by atoms with Crippen LogP contribution in [0.25, 0.3) is 0 Å². The molecule has 1 amide bonds. The number of nitrogens with one attached hydrogen (secondary N) is 2. The van der Waals surface area contributed by atoms with Gasteiger partial charge >= 0.3 is 6.18 Å². The number of hydrogen-bond donors (Lipinski definition) is 2. The Hall–Kier alpha value is -1.29. The number of alkyl halides is 4. The van der Waals surface area contributed by atoms with Crippen LogP contribution in [0.1, 0.15) is 12.5 Å². The van der Waals surface area contributed by atoms with Crippen LogP contribution in [-0.2, 0) is 21.0 Å². The second kappa shape index (κ2) is 6.00. The number of amides is 1. The van der Waals surface area contributed by atoms with Crippen molar-refractivity contribution in [3.63, 3.8) is 0 Å². The van der Waals surface area contributed by atoms with Gasteiger partial charge in [-0.1, -0.05) is 15.9 Å². The van der Waals surface area contributed by atoms with E-state index in [0.29, 0.717) is 6.07 Å². The third-order valence-electron chi connectivity index (χ3n) is 2.05. The highest BCUT2D eigenvalue weighted by Gasteiger charge is 2.34. The fraction of sp³-hybridized carbons (Fsp3) is 0.300. The number of benzene rings is 1. The second-order valence-corrected chi connectivity index (χ2v) is 6.79.